The fraction of sp³-hybridized carbons (Fsp3) is 0.700. The Balaban J connectivity index is 1.61. The van der Waals surface area contributed by atoms with Gasteiger partial charge in [-0.1, -0.05) is 38.0 Å². The SMILES string of the molecule is CCCCC1CC(N)CN(Cc2ccc3c(c2)CCCC3)C1. The smallest absolute Gasteiger partial charge is 0.0234 e. The van der Waals surface area contributed by atoms with Gasteiger partial charge < -0.3 is 5.73 Å². The number of nitrogens with zero attached hydrogens (tertiary/aromatic N) is 1. The summed E-state index contributed by atoms with van der Waals surface area (Å²) in [6.45, 7) is 5.68. The normalized spacial score (nSPS) is 25.9. The van der Waals surface area contributed by atoms with Crippen LogP contribution in [0.4, 0.5) is 0 Å². The molecule has 0 amide bonds. The first-order valence-corrected chi connectivity index (χ1v) is 9.33. The lowest BCUT2D eigenvalue weighted by atomic mass is 9.89. The molecule has 1 aromatic carbocycles. The lowest BCUT2D eigenvalue weighted by Gasteiger charge is -2.36. The quantitative estimate of drug-likeness (QED) is 0.893. The first-order chi connectivity index (χ1) is 10.7. The summed E-state index contributed by atoms with van der Waals surface area (Å²) in [5, 5.41) is 0. The Morgan fingerprint density at radius 2 is 1.95 bits per heavy atom. The van der Waals surface area contributed by atoms with Crippen LogP contribution in [-0.2, 0) is 19.4 Å². The molecule has 0 spiro atoms. The summed E-state index contributed by atoms with van der Waals surface area (Å²) in [7, 11) is 0. The summed E-state index contributed by atoms with van der Waals surface area (Å²) in [6, 6.07) is 7.57. The Bertz CT molecular complexity index is 483. The summed E-state index contributed by atoms with van der Waals surface area (Å²) in [4.78, 5) is 2.60. The van der Waals surface area contributed by atoms with Crippen LogP contribution < -0.4 is 5.73 Å². The van der Waals surface area contributed by atoms with Gasteiger partial charge in [0, 0.05) is 25.7 Å². The Hall–Kier alpha value is -0.860. The highest BCUT2D eigenvalue weighted by Gasteiger charge is 2.24. The van der Waals surface area contributed by atoms with E-state index in [2.05, 4.69) is 30.0 Å². The molecule has 2 unspecified atom stereocenters. The van der Waals surface area contributed by atoms with Gasteiger partial charge in [0.15, 0.2) is 0 Å². The predicted molar refractivity (Wildman–Crippen MR) is 94.0 cm³/mol. The van der Waals surface area contributed by atoms with Gasteiger partial charge in [0.1, 0.15) is 0 Å². The summed E-state index contributed by atoms with van der Waals surface area (Å²) in [5.41, 5.74) is 11.0. The molecular formula is C20H32N2. The molecule has 122 valence electrons. The molecule has 2 N–H and O–H groups in total. The van der Waals surface area contributed by atoms with Crippen molar-refractivity contribution in [3.05, 3.63) is 34.9 Å². The largest absolute Gasteiger partial charge is 0.327 e. The minimum Gasteiger partial charge on any atom is -0.327 e. The van der Waals surface area contributed by atoms with Gasteiger partial charge >= 0.3 is 0 Å². The third kappa shape index (κ3) is 4.11. The first kappa shape index (κ1) is 16.0. The van der Waals surface area contributed by atoms with E-state index in [-0.39, 0.29) is 0 Å². The van der Waals surface area contributed by atoms with Gasteiger partial charge in [0.25, 0.3) is 0 Å². The van der Waals surface area contributed by atoms with E-state index < -0.39 is 0 Å². The molecule has 0 saturated carbocycles. The fourth-order valence-corrected chi connectivity index (χ4v) is 4.32. The second-order valence-corrected chi connectivity index (χ2v) is 7.51. The van der Waals surface area contributed by atoms with Crippen molar-refractivity contribution in [1.82, 2.24) is 4.90 Å². The van der Waals surface area contributed by atoms with E-state index in [4.69, 9.17) is 5.73 Å². The first-order valence-electron chi connectivity index (χ1n) is 9.33. The topological polar surface area (TPSA) is 29.3 Å². The third-order valence-corrected chi connectivity index (χ3v) is 5.43. The Labute approximate surface area is 136 Å². The Morgan fingerprint density at radius 1 is 1.14 bits per heavy atom. The number of aryl methyl sites for hydroxylation is 2. The number of rotatable bonds is 5. The number of unbranched alkanes of at least 4 members (excludes halogenated alkanes) is 1. The standard InChI is InChI=1S/C20H32N2/c1-2-3-6-16-12-20(21)15-22(13-16)14-17-9-10-18-7-4-5-8-19(18)11-17/h9-11,16,20H,2-8,12-15,21H2,1H3. The molecule has 1 fully saturated rings. The molecule has 2 nitrogen and oxygen atoms in total. The van der Waals surface area contributed by atoms with E-state index in [1.165, 1.54) is 63.5 Å². The summed E-state index contributed by atoms with van der Waals surface area (Å²) in [5.74, 6) is 0.807. The number of piperidine rings is 1. The van der Waals surface area contributed by atoms with Gasteiger partial charge in [-0.15, -0.1) is 0 Å². The highest BCUT2D eigenvalue weighted by Crippen LogP contribution is 2.25. The number of benzene rings is 1. The molecule has 2 heteroatoms. The molecule has 1 aromatic rings. The molecule has 2 atom stereocenters. The number of fused-ring (bicyclic) bond motifs is 1. The highest BCUT2D eigenvalue weighted by molar-refractivity contribution is 5.33. The molecular weight excluding hydrogens is 268 g/mol. The molecule has 2 aliphatic rings. The zero-order valence-corrected chi connectivity index (χ0v) is 14.2. The van der Waals surface area contributed by atoms with Crippen molar-refractivity contribution in [2.24, 2.45) is 11.7 Å². The summed E-state index contributed by atoms with van der Waals surface area (Å²) >= 11 is 0. The van der Waals surface area contributed by atoms with Crippen molar-refractivity contribution in [3.8, 4) is 0 Å². The number of likely N-dealkylation sites (tertiary alicyclic amines) is 1. The maximum absolute atomic E-state index is 6.31. The molecule has 22 heavy (non-hydrogen) atoms. The molecule has 0 bridgehead atoms. The van der Waals surface area contributed by atoms with Crippen LogP contribution in [0.25, 0.3) is 0 Å². The van der Waals surface area contributed by atoms with Gasteiger partial charge in [-0.05, 0) is 61.1 Å². The van der Waals surface area contributed by atoms with Crippen LogP contribution in [0.2, 0.25) is 0 Å². The van der Waals surface area contributed by atoms with Crippen LogP contribution in [0.1, 0.15) is 62.1 Å². The van der Waals surface area contributed by atoms with E-state index in [0.717, 1.165) is 19.0 Å². The van der Waals surface area contributed by atoms with Crippen molar-refractivity contribution in [2.75, 3.05) is 13.1 Å². The highest BCUT2D eigenvalue weighted by atomic mass is 15.1. The van der Waals surface area contributed by atoms with E-state index in [1.54, 1.807) is 11.1 Å². The molecule has 1 saturated heterocycles. The lowest BCUT2D eigenvalue weighted by Crippen LogP contribution is -2.46. The van der Waals surface area contributed by atoms with Crippen LogP contribution in [0.3, 0.4) is 0 Å². The van der Waals surface area contributed by atoms with E-state index in [0.29, 0.717) is 6.04 Å². The van der Waals surface area contributed by atoms with Crippen molar-refractivity contribution >= 4 is 0 Å². The fourth-order valence-electron chi connectivity index (χ4n) is 4.32. The van der Waals surface area contributed by atoms with Gasteiger partial charge in [0.05, 0.1) is 0 Å². The van der Waals surface area contributed by atoms with Crippen LogP contribution in [0, 0.1) is 5.92 Å². The minimum absolute atomic E-state index is 0.369. The lowest BCUT2D eigenvalue weighted by molar-refractivity contribution is 0.143. The van der Waals surface area contributed by atoms with Crippen LogP contribution in [-0.4, -0.2) is 24.0 Å². The molecule has 0 radical (unpaired) electrons. The molecule has 3 rings (SSSR count). The predicted octanol–water partition coefficient (Wildman–Crippen LogP) is 3.90. The number of hydrogen-bond donors (Lipinski definition) is 1. The zero-order chi connectivity index (χ0) is 15.4. The van der Waals surface area contributed by atoms with Crippen molar-refractivity contribution in [2.45, 2.75) is 70.9 Å². The minimum atomic E-state index is 0.369. The van der Waals surface area contributed by atoms with Gasteiger partial charge in [-0.25, -0.2) is 0 Å². The number of nitrogens with two attached hydrogens (primary N) is 1. The van der Waals surface area contributed by atoms with Crippen molar-refractivity contribution < 1.29 is 0 Å². The van der Waals surface area contributed by atoms with Crippen LogP contribution in [0.5, 0.6) is 0 Å². The van der Waals surface area contributed by atoms with Crippen LogP contribution >= 0.6 is 0 Å². The van der Waals surface area contributed by atoms with E-state index >= 15 is 0 Å². The summed E-state index contributed by atoms with van der Waals surface area (Å²) in [6.07, 6.45) is 10.5. The average Bonchev–Trinajstić information content (AvgIpc) is 2.52. The van der Waals surface area contributed by atoms with E-state index in [1.807, 2.05) is 0 Å². The third-order valence-electron chi connectivity index (χ3n) is 5.43. The van der Waals surface area contributed by atoms with Crippen LogP contribution in [0.15, 0.2) is 18.2 Å². The second kappa shape index (κ2) is 7.61. The van der Waals surface area contributed by atoms with Crippen molar-refractivity contribution in [1.29, 1.82) is 0 Å². The number of hydrogen-bond acceptors (Lipinski definition) is 2. The maximum atomic E-state index is 6.31. The van der Waals surface area contributed by atoms with Crippen molar-refractivity contribution in [3.63, 3.8) is 0 Å². The summed E-state index contributed by atoms with van der Waals surface area (Å²) < 4.78 is 0. The zero-order valence-electron chi connectivity index (χ0n) is 14.2. The molecule has 0 aromatic heterocycles. The monoisotopic (exact) mass is 300 g/mol. The van der Waals surface area contributed by atoms with Gasteiger partial charge in [-0.3, -0.25) is 4.90 Å². The maximum Gasteiger partial charge on any atom is 0.0234 e. The molecule has 1 aliphatic heterocycles. The molecule has 1 heterocycles. The second-order valence-electron chi connectivity index (χ2n) is 7.51. The average molecular weight is 300 g/mol. The Kier molecular flexibility index (Phi) is 5.54. The molecule has 1 aliphatic carbocycles. The van der Waals surface area contributed by atoms with E-state index in [9.17, 15) is 0 Å². The Morgan fingerprint density at radius 3 is 2.77 bits per heavy atom. The van der Waals surface area contributed by atoms with Gasteiger partial charge in [-0.2, -0.15) is 0 Å². The van der Waals surface area contributed by atoms with Gasteiger partial charge in [0.2, 0.25) is 0 Å².